The molecule has 1 aliphatic heterocycles. The molecule has 3 heteroatoms. The molecule has 1 heterocycles. The Bertz CT molecular complexity index is 419. The molecule has 0 aromatic heterocycles. The van der Waals surface area contributed by atoms with Gasteiger partial charge < -0.3 is 5.32 Å². The first-order chi connectivity index (χ1) is 9.00. The molecule has 0 saturated carbocycles. The van der Waals surface area contributed by atoms with Gasteiger partial charge in [-0.1, -0.05) is 26.0 Å². The zero-order chi connectivity index (χ0) is 13.9. The first-order valence-electron chi connectivity index (χ1n) is 7.14. The standard InChI is InChI=1S/C16H25FN2/c1-16(2)6-8-19(9-7-16)12-14-10-13(11-18-3)4-5-15(14)17/h4-5,10,18H,6-9,11-12H2,1-3H3. The molecule has 0 radical (unpaired) electrons. The van der Waals surface area contributed by atoms with Crippen LogP contribution in [0.25, 0.3) is 0 Å². The highest BCUT2D eigenvalue weighted by Crippen LogP contribution is 2.30. The molecule has 2 rings (SSSR count). The summed E-state index contributed by atoms with van der Waals surface area (Å²) < 4.78 is 13.9. The minimum atomic E-state index is -0.0790. The van der Waals surface area contributed by atoms with Crippen molar-refractivity contribution in [2.75, 3.05) is 20.1 Å². The summed E-state index contributed by atoms with van der Waals surface area (Å²) >= 11 is 0. The number of hydrogen-bond acceptors (Lipinski definition) is 2. The highest BCUT2D eigenvalue weighted by Gasteiger charge is 2.25. The summed E-state index contributed by atoms with van der Waals surface area (Å²) in [6.45, 7) is 8.31. The molecule has 0 spiro atoms. The van der Waals surface area contributed by atoms with Crippen molar-refractivity contribution in [3.8, 4) is 0 Å². The molecular weight excluding hydrogens is 239 g/mol. The van der Waals surface area contributed by atoms with Crippen molar-refractivity contribution < 1.29 is 4.39 Å². The maximum absolute atomic E-state index is 13.9. The van der Waals surface area contributed by atoms with Crippen LogP contribution in [0.3, 0.4) is 0 Å². The van der Waals surface area contributed by atoms with Crippen LogP contribution in [0, 0.1) is 11.2 Å². The zero-order valence-electron chi connectivity index (χ0n) is 12.3. The van der Waals surface area contributed by atoms with Gasteiger partial charge in [-0.25, -0.2) is 4.39 Å². The van der Waals surface area contributed by atoms with E-state index in [4.69, 9.17) is 0 Å². The maximum atomic E-state index is 13.9. The molecule has 1 N–H and O–H groups in total. The van der Waals surface area contributed by atoms with E-state index in [-0.39, 0.29) is 5.82 Å². The van der Waals surface area contributed by atoms with Crippen molar-refractivity contribution in [2.45, 2.75) is 39.8 Å². The number of nitrogens with one attached hydrogen (secondary N) is 1. The van der Waals surface area contributed by atoms with E-state index in [0.717, 1.165) is 37.3 Å². The lowest BCUT2D eigenvalue weighted by atomic mass is 9.82. The van der Waals surface area contributed by atoms with Crippen molar-refractivity contribution >= 4 is 0 Å². The number of likely N-dealkylation sites (tertiary alicyclic amines) is 1. The highest BCUT2D eigenvalue weighted by atomic mass is 19.1. The van der Waals surface area contributed by atoms with Crippen LogP contribution < -0.4 is 5.32 Å². The lowest BCUT2D eigenvalue weighted by Crippen LogP contribution is -2.37. The van der Waals surface area contributed by atoms with E-state index in [2.05, 4.69) is 24.1 Å². The Morgan fingerprint density at radius 1 is 1.26 bits per heavy atom. The molecule has 0 unspecified atom stereocenters. The normalized spacial score (nSPS) is 19.6. The Hall–Kier alpha value is -0.930. The summed E-state index contributed by atoms with van der Waals surface area (Å²) in [7, 11) is 1.91. The minimum absolute atomic E-state index is 0.0790. The molecule has 1 aliphatic rings. The Labute approximate surface area is 116 Å². The van der Waals surface area contributed by atoms with Gasteiger partial charge in [0.15, 0.2) is 0 Å². The van der Waals surface area contributed by atoms with Crippen LogP contribution in [-0.4, -0.2) is 25.0 Å². The van der Waals surface area contributed by atoms with Crippen molar-refractivity contribution in [1.82, 2.24) is 10.2 Å². The molecule has 106 valence electrons. The van der Waals surface area contributed by atoms with E-state index < -0.39 is 0 Å². The lowest BCUT2D eigenvalue weighted by molar-refractivity contribution is 0.126. The molecule has 1 fully saturated rings. The second-order valence-corrected chi connectivity index (χ2v) is 6.40. The van der Waals surface area contributed by atoms with Crippen LogP contribution in [0.2, 0.25) is 0 Å². The van der Waals surface area contributed by atoms with E-state index >= 15 is 0 Å². The topological polar surface area (TPSA) is 15.3 Å². The summed E-state index contributed by atoms with van der Waals surface area (Å²) in [5.74, 6) is -0.0790. The number of rotatable bonds is 4. The molecule has 1 aromatic rings. The molecule has 0 bridgehead atoms. The van der Waals surface area contributed by atoms with Crippen molar-refractivity contribution in [1.29, 1.82) is 0 Å². The van der Waals surface area contributed by atoms with Gasteiger partial charge in [-0.05, 0) is 50.0 Å². The summed E-state index contributed by atoms with van der Waals surface area (Å²) in [6, 6.07) is 5.44. The maximum Gasteiger partial charge on any atom is 0.127 e. The molecule has 0 amide bonds. The second-order valence-electron chi connectivity index (χ2n) is 6.40. The Balaban J connectivity index is 2.00. The van der Waals surface area contributed by atoms with Crippen molar-refractivity contribution in [2.24, 2.45) is 5.41 Å². The predicted octanol–water partition coefficient (Wildman–Crippen LogP) is 3.17. The van der Waals surface area contributed by atoms with Crippen LogP contribution in [0.5, 0.6) is 0 Å². The van der Waals surface area contributed by atoms with Gasteiger partial charge in [-0.2, -0.15) is 0 Å². The third-order valence-electron chi connectivity index (χ3n) is 4.09. The summed E-state index contributed by atoms with van der Waals surface area (Å²) in [6.07, 6.45) is 2.40. The molecular formula is C16H25FN2. The first-order valence-corrected chi connectivity index (χ1v) is 7.14. The molecule has 19 heavy (non-hydrogen) atoms. The van der Waals surface area contributed by atoms with E-state index in [0.29, 0.717) is 5.41 Å². The largest absolute Gasteiger partial charge is 0.316 e. The first kappa shape index (κ1) is 14.5. The van der Waals surface area contributed by atoms with Gasteiger partial charge in [0.25, 0.3) is 0 Å². The fourth-order valence-corrected chi connectivity index (χ4v) is 2.62. The fourth-order valence-electron chi connectivity index (χ4n) is 2.62. The van der Waals surface area contributed by atoms with Gasteiger partial charge in [-0.15, -0.1) is 0 Å². The summed E-state index contributed by atoms with van der Waals surface area (Å²) in [4.78, 5) is 2.37. The van der Waals surface area contributed by atoms with Crippen LogP contribution in [0.15, 0.2) is 18.2 Å². The average Bonchev–Trinajstić information content (AvgIpc) is 2.36. The van der Waals surface area contributed by atoms with Gasteiger partial charge in [0.05, 0.1) is 0 Å². The van der Waals surface area contributed by atoms with E-state index in [9.17, 15) is 4.39 Å². The monoisotopic (exact) mass is 264 g/mol. The Morgan fingerprint density at radius 2 is 1.95 bits per heavy atom. The van der Waals surface area contributed by atoms with Crippen LogP contribution in [0.1, 0.15) is 37.8 Å². The van der Waals surface area contributed by atoms with E-state index in [1.165, 1.54) is 12.8 Å². The molecule has 1 aromatic carbocycles. The van der Waals surface area contributed by atoms with Crippen LogP contribution >= 0.6 is 0 Å². The smallest absolute Gasteiger partial charge is 0.127 e. The average molecular weight is 264 g/mol. The molecule has 2 nitrogen and oxygen atoms in total. The van der Waals surface area contributed by atoms with Crippen molar-refractivity contribution in [3.63, 3.8) is 0 Å². The van der Waals surface area contributed by atoms with Gasteiger partial charge in [0, 0.05) is 18.7 Å². The quantitative estimate of drug-likeness (QED) is 0.898. The number of benzene rings is 1. The molecule has 1 saturated heterocycles. The third-order valence-corrected chi connectivity index (χ3v) is 4.09. The lowest BCUT2D eigenvalue weighted by Gasteiger charge is -2.37. The Kier molecular flexibility index (Phi) is 4.58. The van der Waals surface area contributed by atoms with Gasteiger partial charge >= 0.3 is 0 Å². The molecule has 0 atom stereocenters. The molecule has 0 aliphatic carbocycles. The van der Waals surface area contributed by atoms with E-state index in [1.807, 2.05) is 19.2 Å². The van der Waals surface area contributed by atoms with Crippen LogP contribution in [0.4, 0.5) is 4.39 Å². The highest BCUT2D eigenvalue weighted by molar-refractivity contribution is 5.25. The third kappa shape index (κ3) is 4.02. The fraction of sp³-hybridized carbons (Fsp3) is 0.625. The Morgan fingerprint density at radius 3 is 2.58 bits per heavy atom. The summed E-state index contributed by atoms with van der Waals surface area (Å²) in [5.41, 5.74) is 2.42. The number of piperidine rings is 1. The number of halogens is 1. The SMILES string of the molecule is CNCc1ccc(F)c(CN2CCC(C)(C)CC2)c1. The summed E-state index contributed by atoms with van der Waals surface area (Å²) in [5, 5.41) is 3.11. The van der Waals surface area contributed by atoms with Gasteiger partial charge in [0.1, 0.15) is 5.82 Å². The van der Waals surface area contributed by atoms with Gasteiger partial charge in [-0.3, -0.25) is 4.90 Å². The van der Waals surface area contributed by atoms with E-state index in [1.54, 1.807) is 6.07 Å². The second kappa shape index (κ2) is 6.02. The number of nitrogens with zero attached hydrogens (tertiary/aromatic N) is 1. The van der Waals surface area contributed by atoms with Crippen LogP contribution in [-0.2, 0) is 13.1 Å². The van der Waals surface area contributed by atoms with Crippen molar-refractivity contribution in [3.05, 3.63) is 35.1 Å². The zero-order valence-corrected chi connectivity index (χ0v) is 12.3. The van der Waals surface area contributed by atoms with Gasteiger partial charge in [0.2, 0.25) is 0 Å². The minimum Gasteiger partial charge on any atom is -0.316 e. The predicted molar refractivity (Wildman–Crippen MR) is 77.5 cm³/mol. The number of hydrogen-bond donors (Lipinski definition) is 1.